The maximum atomic E-state index is 5.80. The van der Waals surface area contributed by atoms with Crippen LogP contribution in [0.15, 0.2) is 47.3 Å². The largest absolute Gasteiger partial charge is 0.493 e. The summed E-state index contributed by atoms with van der Waals surface area (Å²) in [6.07, 6.45) is 4.68. The average molecular weight is 257 g/mol. The Hall–Kier alpha value is -1.74. The average Bonchev–Trinajstić information content (AvgIpc) is 3.09. The van der Waals surface area contributed by atoms with Crippen molar-refractivity contribution in [1.29, 1.82) is 0 Å². The highest BCUT2D eigenvalue weighted by atomic mass is 16.5. The van der Waals surface area contributed by atoms with Gasteiger partial charge in [-0.15, -0.1) is 0 Å². The van der Waals surface area contributed by atoms with Gasteiger partial charge in [0.25, 0.3) is 0 Å². The maximum Gasteiger partial charge on any atom is 0.122 e. The third-order valence-corrected chi connectivity index (χ3v) is 3.66. The van der Waals surface area contributed by atoms with Crippen LogP contribution in [0, 0.1) is 0 Å². The number of benzene rings is 1. The Morgan fingerprint density at radius 2 is 2.21 bits per heavy atom. The topological polar surface area (TPSA) is 34.4 Å². The van der Waals surface area contributed by atoms with E-state index in [-0.39, 0.29) is 6.04 Å². The molecular weight excluding hydrogens is 238 g/mol. The van der Waals surface area contributed by atoms with Crippen molar-refractivity contribution in [3.05, 3.63) is 54.0 Å². The molecule has 3 rings (SSSR count). The van der Waals surface area contributed by atoms with Crippen LogP contribution >= 0.6 is 0 Å². The summed E-state index contributed by atoms with van der Waals surface area (Å²) >= 11 is 0. The first-order valence-electron chi connectivity index (χ1n) is 6.87. The molecule has 19 heavy (non-hydrogen) atoms. The Kier molecular flexibility index (Phi) is 3.56. The van der Waals surface area contributed by atoms with Gasteiger partial charge in [-0.05, 0) is 25.1 Å². The van der Waals surface area contributed by atoms with Crippen LogP contribution in [0.2, 0.25) is 0 Å². The standard InChI is InChI=1S/C16H19NO2/c1-2-8-17-16(12-7-9-18-10-12)14-11-19-15-6-4-3-5-13(14)15/h3-7,9-10,14,16-17H,2,8,11H2,1H3. The van der Waals surface area contributed by atoms with Crippen molar-refractivity contribution in [2.45, 2.75) is 25.3 Å². The summed E-state index contributed by atoms with van der Waals surface area (Å²) in [5.41, 5.74) is 2.48. The SMILES string of the molecule is CCCNC(c1ccoc1)C1COc2ccccc21. The molecule has 3 nitrogen and oxygen atoms in total. The van der Waals surface area contributed by atoms with Crippen molar-refractivity contribution >= 4 is 0 Å². The molecule has 0 saturated carbocycles. The van der Waals surface area contributed by atoms with E-state index in [4.69, 9.17) is 9.15 Å². The maximum absolute atomic E-state index is 5.80. The monoisotopic (exact) mass is 257 g/mol. The fourth-order valence-electron chi connectivity index (χ4n) is 2.71. The fraction of sp³-hybridized carbons (Fsp3) is 0.375. The molecule has 0 bridgehead atoms. The van der Waals surface area contributed by atoms with Crippen LogP contribution in [0.1, 0.15) is 36.4 Å². The van der Waals surface area contributed by atoms with Crippen LogP contribution in [0.3, 0.4) is 0 Å². The van der Waals surface area contributed by atoms with Crippen molar-refractivity contribution in [2.24, 2.45) is 0 Å². The zero-order valence-electron chi connectivity index (χ0n) is 11.1. The van der Waals surface area contributed by atoms with E-state index in [2.05, 4.69) is 24.4 Å². The lowest BCUT2D eigenvalue weighted by atomic mass is 9.89. The molecule has 3 heteroatoms. The van der Waals surface area contributed by atoms with Gasteiger partial charge in [-0.3, -0.25) is 0 Å². The van der Waals surface area contributed by atoms with Crippen LogP contribution in [0.5, 0.6) is 5.75 Å². The Morgan fingerprint density at radius 1 is 1.32 bits per heavy atom. The number of nitrogens with one attached hydrogen (secondary N) is 1. The molecule has 0 fully saturated rings. The van der Waals surface area contributed by atoms with Crippen LogP contribution < -0.4 is 10.1 Å². The summed E-state index contributed by atoms with van der Waals surface area (Å²) in [5.74, 6) is 1.36. The van der Waals surface area contributed by atoms with Crippen LogP contribution in [-0.2, 0) is 0 Å². The minimum atomic E-state index is 0.252. The molecule has 0 amide bonds. The summed E-state index contributed by atoms with van der Waals surface area (Å²) in [5, 5.41) is 3.61. The van der Waals surface area contributed by atoms with Crippen molar-refractivity contribution < 1.29 is 9.15 Å². The van der Waals surface area contributed by atoms with E-state index in [0.717, 1.165) is 25.3 Å². The van der Waals surface area contributed by atoms with Crippen LogP contribution in [0.25, 0.3) is 0 Å². The highest BCUT2D eigenvalue weighted by Gasteiger charge is 2.32. The minimum absolute atomic E-state index is 0.252. The number of furan rings is 1. The van der Waals surface area contributed by atoms with Gasteiger partial charge in [0, 0.05) is 23.1 Å². The Balaban J connectivity index is 1.89. The predicted octanol–water partition coefficient (Wildman–Crippen LogP) is 3.50. The first-order valence-corrected chi connectivity index (χ1v) is 6.87. The molecule has 1 N–H and O–H groups in total. The number of hydrogen-bond donors (Lipinski definition) is 1. The van der Waals surface area contributed by atoms with E-state index in [9.17, 15) is 0 Å². The highest BCUT2D eigenvalue weighted by molar-refractivity contribution is 5.41. The van der Waals surface area contributed by atoms with Gasteiger partial charge in [0.1, 0.15) is 5.75 Å². The van der Waals surface area contributed by atoms with Crippen molar-refractivity contribution in [2.75, 3.05) is 13.2 Å². The second-order valence-electron chi connectivity index (χ2n) is 4.94. The van der Waals surface area contributed by atoms with Crippen LogP contribution in [-0.4, -0.2) is 13.2 Å². The van der Waals surface area contributed by atoms with Crippen LogP contribution in [0.4, 0.5) is 0 Å². The van der Waals surface area contributed by atoms with E-state index in [1.165, 1.54) is 11.1 Å². The van der Waals surface area contributed by atoms with Gasteiger partial charge in [-0.2, -0.15) is 0 Å². The molecule has 1 aliphatic heterocycles. The highest BCUT2D eigenvalue weighted by Crippen LogP contribution is 2.41. The zero-order valence-corrected chi connectivity index (χ0v) is 11.1. The molecular formula is C16H19NO2. The number of ether oxygens (including phenoxy) is 1. The third-order valence-electron chi connectivity index (χ3n) is 3.66. The van der Waals surface area contributed by atoms with Gasteiger partial charge in [0.2, 0.25) is 0 Å². The lowest BCUT2D eigenvalue weighted by molar-refractivity contribution is 0.299. The quantitative estimate of drug-likeness (QED) is 0.890. The fourth-order valence-corrected chi connectivity index (χ4v) is 2.71. The van der Waals surface area contributed by atoms with E-state index < -0.39 is 0 Å². The van der Waals surface area contributed by atoms with Crippen molar-refractivity contribution in [3.8, 4) is 5.75 Å². The predicted molar refractivity (Wildman–Crippen MR) is 74.4 cm³/mol. The van der Waals surface area contributed by atoms with Gasteiger partial charge in [0.05, 0.1) is 19.1 Å². The molecule has 0 spiro atoms. The minimum Gasteiger partial charge on any atom is -0.493 e. The normalized spacial score (nSPS) is 18.9. The second-order valence-corrected chi connectivity index (χ2v) is 4.94. The van der Waals surface area contributed by atoms with E-state index in [1.807, 2.05) is 24.5 Å². The van der Waals surface area contributed by atoms with Gasteiger partial charge >= 0.3 is 0 Å². The molecule has 0 saturated heterocycles. The van der Waals surface area contributed by atoms with Gasteiger partial charge in [-0.25, -0.2) is 0 Å². The van der Waals surface area contributed by atoms with Crippen molar-refractivity contribution in [1.82, 2.24) is 5.32 Å². The zero-order chi connectivity index (χ0) is 13.1. The first kappa shape index (κ1) is 12.3. The van der Waals surface area contributed by atoms with Gasteiger partial charge < -0.3 is 14.5 Å². The summed E-state index contributed by atoms with van der Waals surface area (Å²) in [4.78, 5) is 0. The molecule has 100 valence electrons. The summed E-state index contributed by atoms with van der Waals surface area (Å²) in [7, 11) is 0. The van der Waals surface area contributed by atoms with Crippen molar-refractivity contribution in [3.63, 3.8) is 0 Å². The molecule has 2 aromatic rings. The number of fused-ring (bicyclic) bond motifs is 1. The van der Waals surface area contributed by atoms with Gasteiger partial charge in [0.15, 0.2) is 0 Å². The molecule has 1 aromatic heterocycles. The molecule has 1 aliphatic rings. The molecule has 2 unspecified atom stereocenters. The third kappa shape index (κ3) is 2.38. The van der Waals surface area contributed by atoms with Gasteiger partial charge in [-0.1, -0.05) is 25.1 Å². The lowest BCUT2D eigenvalue weighted by Gasteiger charge is -2.23. The Bertz CT molecular complexity index is 521. The van der Waals surface area contributed by atoms with E-state index in [0.29, 0.717) is 5.92 Å². The number of hydrogen-bond acceptors (Lipinski definition) is 3. The second kappa shape index (κ2) is 5.49. The molecule has 0 radical (unpaired) electrons. The lowest BCUT2D eigenvalue weighted by Crippen LogP contribution is -2.28. The number of rotatable bonds is 5. The summed E-state index contributed by atoms with van der Waals surface area (Å²) in [6, 6.07) is 10.6. The Labute approximate surface area is 113 Å². The number of para-hydroxylation sites is 1. The smallest absolute Gasteiger partial charge is 0.122 e. The van der Waals surface area contributed by atoms with E-state index >= 15 is 0 Å². The molecule has 0 aliphatic carbocycles. The first-order chi connectivity index (χ1) is 9.40. The molecule has 2 heterocycles. The van der Waals surface area contributed by atoms with E-state index in [1.54, 1.807) is 6.26 Å². The molecule has 2 atom stereocenters. The summed E-state index contributed by atoms with van der Waals surface area (Å²) < 4.78 is 11.0. The molecule has 1 aromatic carbocycles. The summed E-state index contributed by atoms with van der Waals surface area (Å²) in [6.45, 7) is 3.90. The Morgan fingerprint density at radius 3 is 3.00 bits per heavy atom.